The molecule has 0 unspecified atom stereocenters. The Hall–Kier alpha value is -1.36. The number of aliphatic imine (C=N–C) groups is 1. The van der Waals surface area contributed by atoms with Gasteiger partial charge in [-0.3, -0.25) is 4.99 Å². The third-order valence-corrected chi connectivity index (χ3v) is 8.03. The van der Waals surface area contributed by atoms with Crippen molar-refractivity contribution in [3.05, 3.63) is 57.2 Å². The number of hydrogen-bond donors (Lipinski definition) is 0. The first-order valence-corrected chi connectivity index (χ1v) is 12.1. The van der Waals surface area contributed by atoms with E-state index in [1.54, 1.807) is 12.7 Å². The maximum Gasteiger partial charge on any atom is 0.119 e. The number of aryl methyl sites for hydroxylation is 1. The molecule has 2 aliphatic carbocycles. The number of hydrogen-bond acceptors (Lipinski definition) is 2. The molecule has 0 radical (unpaired) electrons. The summed E-state index contributed by atoms with van der Waals surface area (Å²) in [5.74, 6) is 3.16. The summed E-state index contributed by atoms with van der Waals surface area (Å²) in [6, 6.07) is 15.3. The molecule has 4 atom stereocenters. The molecule has 0 saturated heterocycles. The van der Waals surface area contributed by atoms with Gasteiger partial charge in [0, 0.05) is 15.2 Å². The molecule has 0 amide bonds. The van der Waals surface area contributed by atoms with E-state index in [-0.39, 0.29) is 5.41 Å². The number of halogens is 1. The fourth-order valence-corrected chi connectivity index (χ4v) is 6.16. The van der Waals surface area contributed by atoms with Crippen molar-refractivity contribution in [3.8, 4) is 5.75 Å². The summed E-state index contributed by atoms with van der Waals surface area (Å²) in [4.78, 5) is 4.94. The van der Waals surface area contributed by atoms with Crippen LogP contribution in [0.5, 0.6) is 5.75 Å². The molecule has 2 aliphatic rings. The molecule has 29 heavy (non-hydrogen) atoms. The molecule has 2 nitrogen and oxygen atoms in total. The molecule has 0 aromatic heterocycles. The van der Waals surface area contributed by atoms with Crippen LogP contribution in [-0.4, -0.2) is 13.3 Å². The van der Waals surface area contributed by atoms with E-state index in [4.69, 9.17) is 9.73 Å². The Kier molecular flexibility index (Phi) is 6.33. The molecule has 3 heteroatoms. The van der Waals surface area contributed by atoms with E-state index in [0.29, 0.717) is 11.8 Å². The number of ether oxygens (including phenoxy) is 1. The van der Waals surface area contributed by atoms with Gasteiger partial charge in [0.25, 0.3) is 0 Å². The zero-order valence-electron chi connectivity index (χ0n) is 17.8. The predicted molar refractivity (Wildman–Crippen MR) is 131 cm³/mol. The van der Waals surface area contributed by atoms with Crippen LogP contribution in [0.2, 0.25) is 0 Å². The van der Waals surface area contributed by atoms with Crippen molar-refractivity contribution in [2.24, 2.45) is 22.2 Å². The molecular formula is C26H32INO. The summed E-state index contributed by atoms with van der Waals surface area (Å²) < 4.78 is 6.73. The summed E-state index contributed by atoms with van der Waals surface area (Å²) in [6.45, 7) is 4.80. The fraction of sp³-hybridized carbons (Fsp3) is 0.500. The Morgan fingerprint density at radius 3 is 2.69 bits per heavy atom. The van der Waals surface area contributed by atoms with E-state index < -0.39 is 0 Å². The quantitative estimate of drug-likeness (QED) is 0.306. The minimum atomic E-state index is 0.185. The molecule has 0 heterocycles. The SMILES string of the molecule is CCC[C@H]1[C@@H]2CCc3cc(OC)ccc3[C@H]2CC[C@]1(C)C=Nc1ccc(I)cc1. The Morgan fingerprint density at radius 2 is 1.97 bits per heavy atom. The summed E-state index contributed by atoms with van der Waals surface area (Å²) in [7, 11) is 1.77. The highest BCUT2D eigenvalue weighted by Gasteiger charge is 2.47. The van der Waals surface area contributed by atoms with Gasteiger partial charge >= 0.3 is 0 Å². The Morgan fingerprint density at radius 1 is 1.17 bits per heavy atom. The van der Waals surface area contributed by atoms with Gasteiger partial charge in [-0.15, -0.1) is 0 Å². The zero-order chi connectivity index (χ0) is 20.4. The summed E-state index contributed by atoms with van der Waals surface area (Å²) in [5, 5.41) is 0. The van der Waals surface area contributed by atoms with E-state index >= 15 is 0 Å². The van der Waals surface area contributed by atoms with Gasteiger partial charge in [0.05, 0.1) is 12.8 Å². The first kappa shape index (κ1) is 20.9. The van der Waals surface area contributed by atoms with E-state index in [2.05, 4.69) is 85.1 Å². The number of benzene rings is 2. The van der Waals surface area contributed by atoms with Gasteiger partial charge in [-0.1, -0.05) is 26.3 Å². The molecule has 4 rings (SSSR count). The number of methoxy groups -OCH3 is 1. The largest absolute Gasteiger partial charge is 0.497 e. The minimum absolute atomic E-state index is 0.185. The standard InChI is InChI=1S/C26H32INO/c1-4-5-25-24-12-6-18-16-21(29-3)11-13-22(18)23(24)14-15-26(25,2)17-28-20-9-7-19(27)8-10-20/h7-11,13,16-17,23-25H,4-6,12,14-15H2,1-3H3/t23-,24-,25+,26-/m1/s1. The number of nitrogens with zero attached hydrogens (tertiary/aromatic N) is 1. The lowest BCUT2D eigenvalue weighted by Crippen LogP contribution is -2.43. The highest BCUT2D eigenvalue weighted by atomic mass is 127. The summed E-state index contributed by atoms with van der Waals surface area (Å²) in [6.07, 6.45) is 9.80. The molecule has 1 saturated carbocycles. The van der Waals surface area contributed by atoms with Crippen LogP contribution in [0.15, 0.2) is 47.5 Å². The van der Waals surface area contributed by atoms with Gasteiger partial charge in [-0.05, 0) is 120 Å². The van der Waals surface area contributed by atoms with Crippen molar-refractivity contribution in [1.82, 2.24) is 0 Å². The molecular weight excluding hydrogens is 469 g/mol. The van der Waals surface area contributed by atoms with E-state index in [1.165, 1.54) is 47.7 Å². The van der Waals surface area contributed by atoms with Crippen molar-refractivity contribution >= 4 is 34.5 Å². The molecule has 1 fully saturated rings. The van der Waals surface area contributed by atoms with Gasteiger partial charge in [-0.2, -0.15) is 0 Å². The highest BCUT2D eigenvalue weighted by Crippen LogP contribution is 2.55. The molecule has 0 N–H and O–H groups in total. The Bertz CT molecular complexity index is 875. The van der Waals surface area contributed by atoms with Gasteiger partial charge in [0.1, 0.15) is 5.75 Å². The second kappa shape index (κ2) is 8.79. The zero-order valence-corrected chi connectivity index (χ0v) is 20.0. The second-order valence-electron chi connectivity index (χ2n) is 9.05. The van der Waals surface area contributed by atoms with E-state index in [9.17, 15) is 0 Å². The Balaban J connectivity index is 1.61. The van der Waals surface area contributed by atoms with Gasteiger partial charge < -0.3 is 4.74 Å². The van der Waals surface area contributed by atoms with Crippen molar-refractivity contribution in [2.45, 2.75) is 58.3 Å². The molecule has 0 bridgehead atoms. The lowest BCUT2D eigenvalue weighted by atomic mass is 9.54. The first-order chi connectivity index (χ1) is 14.0. The van der Waals surface area contributed by atoms with Crippen LogP contribution in [0, 0.1) is 20.8 Å². The molecule has 0 spiro atoms. The third-order valence-electron chi connectivity index (χ3n) is 7.31. The fourth-order valence-electron chi connectivity index (χ4n) is 5.80. The lowest BCUT2D eigenvalue weighted by Gasteiger charge is -2.50. The third kappa shape index (κ3) is 4.26. The van der Waals surface area contributed by atoms with Crippen LogP contribution in [0.25, 0.3) is 0 Å². The van der Waals surface area contributed by atoms with Gasteiger partial charge in [0.15, 0.2) is 0 Å². The first-order valence-electron chi connectivity index (χ1n) is 11.0. The smallest absolute Gasteiger partial charge is 0.119 e. The van der Waals surface area contributed by atoms with Crippen LogP contribution in [0.4, 0.5) is 5.69 Å². The highest BCUT2D eigenvalue weighted by molar-refractivity contribution is 14.1. The maximum absolute atomic E-state index is 5.47. The van der Waals surface area contributed by atoms with Crippen molar-refractivity contribution in [3.63, 3.8) is 0 Å². The summed E-state index contributed by atoms with van der Waals surface area (Å²) >= 11 is 2.35. The normalized spacial score (nSPS) is 28.8. The molecule has 0 aliphatic heterocycles. The van der Waals surface area contributed by atoms with Crippen LogP contribution in [-0.2, 0) is 6.42 Å². The van der Waals surface area contributed by atoms with Crippen LogP contribution < -0.4 is 4.74 Å². The second-order valence-corrected chi connectivity index (χ2v) is 10.3. The maximum atomic E-state index is 5.47. The Labute approximate surface area is 189 Å². The van der Waals surface area contributed by atoms with Crippen molar-refractivity contribution in [1.29, 1.82) is 0 Å². The number of fused-ring (bicyclic) bond motifs is 3. The lowest BCUT2D eigenvalue weighted by molar-refractivity contribution is 0.0784. The van der Waals surface area contributed by atoms with Crippen LogP contribution >= 0.6 is 22.6 Å². The number of rotatable bonds is 5. The predicted octanol–water partition coefficient (Wildman–Crippen LogP) is 7.56. The summed E-state index contributed by atoms with van der Waals surface area (Å²) in [5.41, 5.74) is 4.35. The average Bonchev–Trinajstić information content (AvgIpc) is 2.75. The monoisotopic (exact) mass is 501 g/mol. The molecule has 2 aromatic rings. The van der Waals surface area contributed by atoms with E-state index in [1.807, 2.05) is 0 Å². The van der Waals surface area contributed by atoms with Crippen molar-refractivity contribution < 1.29 is 4.74 Å². The van der Waals surface area contributed by atoms with Gasteiger partial charge in [-0.25, -0.2) is 0 Å². The molecule has 154 valence electrons. The average molecular weight is 501 g/mol. The van der Waals surface area contributed by atoms with E-state index in [0.717, 1.165) is 17.4 Å². The van der Waals surface area contributed by atoms with Crippen molar-refractivity contribution in [2.75, 3.05) is 7.11 Å². The topological polar surface area (TPSA) is 21.6 Å². The minimum Gasteiger partial charge on any atom is -0.497 e. The van der Waals surface area contributed by atoms with Crippen LogP contribution in [0.1, 0.15) is 63.0 Å². The van der Waals surface area contributed by atoms with Gasteiger partial charge in [0.2, 0.25) is 0 Å². The molecule has 2 aromatic carbocycles. The van der Waals surface area contributed by atoms with Crippen LogP contribution in [0.3, 0.4) is 0 Å².